The predicted molar refractivity (Wildman–Crippen MR) is 261 cm³/mol. The molecule has 0 bridgehead atoms. The van der Waals surface area contributed by atoms with Crippen LogP contribution in [0.4, 0.5) is 0 Å². The maximum Gasteiger partial charge on any atom is 0.135 e. The van der Waals surface area contributed by atoms with E-state index in [1.165, 1.54) is 30.0 Å². The average molecular weight is 1020 g/mol. The Labute approximate surface area is 399 Å². The number of fused-ring (bicyclic) bond motifs is 5. The minimum Gasteiger partial charge on any atom is -0.557 e. The largest absolute Gasteiger partial charge is 0.557 e. The summed E-state index contributed by atoms with van der Waals surface area (Å²) in [6, 6.07) is 65.6. The van der Waals surface area contributed by atoms with Gasteiger partial charge in [0.05, 0.1) is 22.5 Å². The standard InChI is InChI=1S/C46H29N2O2.C13H12N.Ir/c1-29-19-22-36-37-26-33(21-24-43(37)50-44(36)25-29)32-20-23-42-38(27-32)39(28-49-42)46-47-40-17-8-9-18-41(40)48(46)45-34(30-11-4-2-5-12-30)15-10-16-35(45)31-13-6-3-7-14-31;1-10-3-6-12(7-4-10)13-8-5-11(2)9-14-13;/h2-27H,1H3;3-6,8-9H,1-2H3;/q2*-1;/i;1D3,2D3;. The van der Waals surface area contributed by atoms with Crippen molar-refractivity contribution in [3.05, 3.63) is 223 Å². The van der Waals surface area contributed by atoms with Crippen molar-refractivity contribution in [1.82, 2.24) is 14.5 Å². The molecule has 8 aromatic carbocycles. The maximum atomic E-state index is 7.28. The van der Waals surface area contributed by atoms with Crippen LogP contribution in [0.15, 0.2) is 203 Å². The fraction of sp³-hybridized carbons (Fsp3) is 0.0508. The van der Waals surface area contributed by atoms with Crippen LogP contribution >= 0.6 is 0 Å². The zero-order chi connectivity index (χ0) is 48.1. The molecule has 12 aromatic rings. The second-order valence-corrected chi connectivity index (χ2v) is 15.7. The normalized spacial score (nSPS) is 12.9. The van der Waals surface area contributed by atoms with E-state index < -0.39 is 13.7 Å². The Morgan fingerprint density at radius 3 is 1.92 bits per heavy atom. The number of pyridine rings is 1. The number of aromatic nitrogens is 3. The molecule has 5 nitrogen and oxygen atoms in total. The molecule has 0 unspecified atom stereocenters. The third-order valence-corrected chi connectivity index (χ3v) is 11.5. The summed E-state index contributed by atoms with van der Waals surface area (Å²) in [6.45, 7) is -2.25. The molecule has 0 saturated heterocycles. The van der Waals surface area contributed by atoms with E-state index in [4.69, 9.17) is 22.0 Å². The van der Waals surface area contributed by atoms with E-state index in [1.54, 1.807) is 12.1 Å². The molecule has 315 valence electrons. The molecule has 0 aliphatic carbocycles. The smallest absolute Gasteiger partial charge is 0.135 e. The number of imidazole rings is 1. The van der Waals surface area contributed by atoms with Crippen LogP contribution in [0, 0.1) is 33.0 Å². The van der Waals surface area contributed by atoms with Gasteiger partial charge in [0, 0.05) is 68.3 Å². The summed E-state index contributed by atoms with van der Waals surface area (Å²) in [5.41, 5.74) is 15.7. The van der Waals surface area contributed by atoms with Crippen molar-refractivity contribution < 1.29 is 37.2 Å². The third kappa shape index (κ3) is 7.89. The Morgan fingerprint density at radius 1 is 0.554 bits per heavy atom. The van der Waals surface area contributed by atoms with Gasteiger partial charge >= 0.3 is 0 Å². The molecular formula is C59H41IrN3O2-2. The molecule has 0 amide bonds. The predicted octanol–water partition coefficient (Wildman–Crippen LogP) is 15.6. The zero-order valence-electron chi connectivity index (χ0n) is 41.0. The molecular weight excluding hydrogens is 975 g/mol. The second-order valence-electron chi connectivity index (χ2n) is 15.7. The van der Waals surface area contributed by atoms with Crippen molar-refractivity contribution in [2.75, 3.05) is 0 Å². The summed E-state index contributed by atoms with van der Waals surface area (Å²) in [4.78, 5) is 9.36. The van der Waals surface area contributed by atoms with Crippen LogP contribution in [0.25, 0.3) is 106 Å². The monoisotopic (exact) mass is 1020 g/mol. The first kappa shape index (κ1) is 34.8. The summed E-state index contributed by atoms with van der Waals surface area (Å²) in [6.07, 6.45) is 4.58. The quantitative estimate of drug-likeness (QED) is 0.156. The van der Waals surface area contributed by atoms with Crippen LogP contribution in [0.1, 0.15) is 24.9 Å². The molecule has 0 fully saturated rings. The first-order chi connectivity index (χ1) is 33.9. The van der Waals surface area contributed by atoms with Gasteiger partial charge in [-0.3, -0.25) is 4.98 Å². The van der Waals surface area contributed by atoms with Gasteiger partial charge in [-0.1, -0.05) is 157 Å². The van der Waals surface area contributed by atoms with Crippen LogP contribution in [0.3, 0.4) is 0 Å². The first-order valence-electron chi connectivity index (χ1n) is 24.0. The van der Waals surface area contributed by atoms with Gasteiger partial charge in [-0.25, -0.2) is 0 Å². The third-order valence-electron chi connectivity index (χ3n) is 11.5. The van der Waals surface area contributed by atoms with E-state index >= 15 is 0 Å². The van der Waals surface area contributed by atoms with Crippen LogP contribution in [-0.4, -0.2) is 14.5 Å². The Kier molecular flexibility index (Phi) is 9.37. The Morgan fingerprint density at radius 2 is 1.23 bits per heavy atom. The molecule has 0 spiro atoms. The van der Waals surface area contributed by atoms with E-state index in [0.717, 1.165) is 94.4 Å². The van der Waals surface area contributed by atoms with Crippen LogP contribution in [-0.2, 0) is 20.1 Å². The second kappa shape index (κ2) is 17.5. The minimum absolute atomic E-state index is 0. The van der Waals surface area contributed by atoms with Crippen LogP contribution < -0.4 is 0 Å². The number of para-hydroxylation sites is 3. The van der Waals surface area contributed by atoms with Gasteiger partial charge in [0.25, 0.3) is 0 Å². The van der Waals surface area contributed by atoms with E-state index in [-0.39, 0.29) is 31.2 Å². The van der Waals surface area contributed by atoms with Crippen LogP contribution in [0.5, 0.6) is 0 Å². The summed E-state index contributed by atoms with van der Waals surface area (Å²) >= 11 is 0. The van der Waals surface area contributed by atoms with Gasteiger partial charge in [0.15, 0.2) is 0 Å². The molecule has 65 heavy (non-hydrogen) atoms. The minimum atomic E-state index is -2.18. The van der Waals surface area contributed by atoms with Gasteiger partial charge in [0.2, 0.25) is 0 Å². The summed E-state index contributed by atoms with van der Waals surface area (Å²) in [5, 5.41) is 3.17. The molecule has 12 rings (SSSR count). The van der Waals surface area contributed by atoms with Crippen molar-refractivity contribution in [3.63, 3.8) is 0 Å². The molecule has 0 aliphatic heterocycles. The molecule has 0 N–H and O–H groups in total. The molecule has 1 radical (unpaired) electrons. The van der Waals surface area contributed by atoms with E-state index in [1.807, 2.05) is 12.1 Å². The van der Waals surface area contributed by atoms with Crippen molar-refractivity contribution >= 4 is 43.9 Å². The number of hydrogen-bond donors (Lipinski definition) is 0. The number of nitrogens with zero attached hydrogens (tertiary/aromatic N) is 3. The SMILES string of the molecule is Cc1ccc2c(c1)oc1ccc(-c3ccc4o[c-]c(-c5nc6ccccc6n5-c5c(-c6ccccc6)cccc5-c5ccccc5)c4c3)cc12.[2H]C([2H])([2H])c1c[c-]c(-c2ccc(C([2H])([2H])[2H])cn2)cc1.[Ir]. The van der Waals surface area contributed by atoms with E-state index in [9.17, 15) is 0 Å². The van der Waals surface area contributed by atoms with Gasteiger partial charge in [-0.05, 0) is 83.2 Å². The maximum absolute atomic E-state index is 7.28. The number of hydrogen-bond acceptors (Lipinski definition) is 4. The molecule has 0 atom stereocenters. The Bertz CT molecular complexity index is 3750. The van der Waals surface area contributed by atoms with Crippen molar-refractivity contribution in [2.24, 2.45) is 0 Å². The summed E-state index contributed by atoms with van der Waals surface area (Å²) in [5.74, 6) is 0.773. The van der Waals surface area contributed by atoms with Crippen molar-refractivity contribution in [1.29, 1.82) is 0 Å². The molecule has 0 aliphatic rings. The molecule has 4 aromatic heterocycles. The van der Waals surface area contributed by atoms with Gasteiger partial charge in [0.1, 0.15) is 11.2 Å². The molecule has 4 heterocycles. The Hall–Kier alpha value is -7.63. The van der Waals surface area contributed by atoms with Crippen molar-refractivity contribution in [2.45, 2.75) is 20.6 Å². The summed E-state index contributed by atoms with van der Waals surface area (Å²) in [7, 11) is 0. The number of furan rings is 2. The fourth-order valence-electron chi connectivity index (χ4n) is 8.43. The van der Waals surface area contributed by atoms with Gasteiger partial charge < -0.3 is 18.4 Å². The van der Waals surface area contributed by atoms with Crippen molar-refractivity contribution in [3.8, 4) is 61.7 Å². The number of benzene rings is 8. The summed E-state index contributed by atoms with van der Waals surface area (Å²) < 4.78 is 58.3. The Balaban J connectivity index is 0.000000234. The van der Waals surface area contributed by atoms with Gasteiger partial charge in [-0.2, -0.15) is 0 Å². The first-order valence-corrected chi connectivity index (χ1v) is 21.0. The number of rotatable bonds is 6. The fourth-order valence-corrected chi connectivity index (χ4v) is 8.43. The van der Waals surface area contributed by atoms with Crippen LogP contribution in [0.2, 0.25) is 0 Å². The molecule has 0 saturated carbocycles. The van der Waals surface area contributed by atoms with E-state index in [2.05, 4.69) is 174 Å². The van der Waals surface area contributed by atoms with E-state index in [0.29, 0.717) is 11.3 Å². The number of aryl methyl sites for hydroxylation is 3. The zero-order valence-corrected chi connectivity index (χ0v) is 37.4. The topological polar surface area (TPSA) is 57.0 Å². The van der Waals surface area contributed by atoms with Gasteiger partial charge in [-0.15, -0.1) is 35.4 Å². The molecule has 6 heteroatoms. The average Bonchev–Trinajstić information content (AvgIpc) is 4.09.